The zero-order chi connectivity index (χ0) is 15.4. The number of esters is 2. The van der Waals surface area contributed by atoms with Gasteiger partial charge in [-0.3, -0.25) is 9.59 Å². The molecule has 0 saturated heterocycles. The molecule has 0 aliphatic rings. The molecule has 0 unspecified atom stereocenters. The van der Waals surface area contributed by atoms with Crippen LogP contribution in [-0.4, -0.2) is 45.0 Å². The third-order valence-corrected chi connectivity index (χ3v) is 2.63. The zero-order valence-corrected chi connectivity index (χ0v) is 11.5. The van der Waals surface area contributed by atoms with Gasteiger partial charge >= 0.3 is 17.6 Å². The maximum absolute atomic E-state index is 11.9. The second-order valence-corrected chi connectivity index (χ2v) is 3.99. The molecule has 0 amide bonds. The van der Waals surface area contributed by atoms with Crippen molar-refractivity contribution in [1.29, 1.82) is 0 Å². The van der Waals surface area contributed by atoms with Gasteiger partial charge in [0.25, 0.3) is 0 Å². The number of ether oxygens (including phenoxy) is 2. The van der Waals surface area contributed by atoms with Gasteiger partial charge in [0.15, 0.2) is 11.6 Å². The summed E-state index contributed by atoms with van der Waals surface area (Å²) in [6.45, 7) is 3.47. The highest BCUT2D eigenvalue weighted by Gasteiger charge is 2.33. The fourth-order valence-electron chi connectivity index (χ4n) is 1.76. The minimum Gasteiger partial charge on any atom is -0.465 e. The molecule has 0 spiro atoms. The van der Waals surface area contributed by atoms with Crippen LogP contribution in [0, 0.1) is 0 Å². The molecule has 2 aromatic rings. The van der Waals surface area contributed by atoms with E-state index < -0.39 is 23.5 Å². The third kappa shape index (κ3) is 2.91. The van der Waals surface area contributed by atoms with Crippen molar-refractivity contribution in [3.63, 3.8) is 0 Å². The molecule has 0 aliphatic carbocycles. The molecule has 112 valence electrons. The Morgan fingerprint density at radius 1 is 1.24 bits per heavy atom. The number of aromatic nitrogens is 4. The maximum atomic E-state index is 11.9. The quantitative estimate of drug-likeness (QED) is 0.590. The van der Waals surface area contributed by atoms with Gasteiger partial charge in [0, 0.05) is 0 Å². The fourth-order valence-corrected chi connectivity index (χ4v) is 1.76. The van der Waals surface area contributed by atoms with Crippen LogP contribution in [-0.2, 0) is 19.1 Å². The Morgan fingerprint density at radius 2 is 1.86 bits per heavy atom. The van der Waals surface area contributed by atoms with Crippen LogP contribution in [0.4, 0.5) is 0 Å². The summed E-state index contributed by atoms with van der Waals surface area (Å²) in [4.78, 5) is 35.4. The van der Waals surface area contributed by atoms with Crippen LogP contribution in [0.5, 0.6) is 0 Å². The monoisotopic (exact) mass is 294 g/mol. The fraction of sp³-hybridized carbons (Fsp3) is 0.417. The number of H-pyrrole nitrogens is 1. The lowest BCUT2D eigenvalue weighted by atomic mass is 10.1. The standard InChI is InChI=1S/C12H14N4O5/c1-3-20-10(17)9(11(18)21-4-2)7-5-6-8-13-14-12(19)16(8)15-7/h5-6,9H,3-4H2,1-2H3,(H,14,19). The summed E-state index contributed by atoms with van der Waals surface area (Å²) in [5, 5.41) is 9.88. The normalized spacial score (nSPS) is 10.8. The summed E-state index contributed by atoms with van der Waals surface area (Å²) in [6.07, 6.45) is 0. The van der Waals surface area contributed by atoms with Gasteiger partial charge in [-0.2, -0.15) is 14.7 Å². The Hall–Kier alpha value is -2.71. The van der Waals surface area contributed by atoms with Gasteiger partial charge in [-0.15, -0.1) is 0 Å². The molecule has 2 aromatic heterocycles. The van der Waals surface area contributed by atoms with Crippen molar-refractivity contribution in [1.82, 2.24) is 19.8 Å². The molecule has 9 heteroatoms. The molecule has 0 aliphatic heterocycles. The SMILES string of the molecule is CCOC(=O)C(C(=O)OCC)c1ccc2n[nH]c(=O)n2n1. The Kier molecular flexibility index (Phi) is 4.31. The second-order valence-electron chi connectivity index (χ2n) is 3.99. The summed E-state index contributed by atoms with van der Waals surface area (Å²) in [5.41, 5.74) is -0.239. The Labute approximate surface area is 118 Å². The second kappa shape index (κ2) is 6.16. The van der Waals surface area contributed by atoms with E-state index in [1.165, 1.54) is 12.1 Å². The first-order valence-electron chi connectivity index (χ1n) is 6.36. The Balaban J connectivity index is 2.46. The van der Waals surface area contributed by atoms with Crippen LogP contribution in [0.1, 0.15) is 25.5 Å². The molecule has 0 fully saturated rings. The van der Waals surface area contributed by atoms with Crippen molar-refractivity contribution in [3.8, 4) is 0 Å². The highest BCUT2D eigenvalue weighted by atomic mass is 16.6. The van der Waals surface area contributed by atoms with Crippen LogP contribution in [0.15, 0.2) is 16.9 Å². The van der Waals surface area contributed by atoms with Gasteiger partial charge in [0.2, 0.25) is 0 Å². The van der Waals surface area contributed by atoms with E-state index in [0.717, 1.165) is 4.52 Å². The maximum Gasteiger partial charge on any atom is 0.364 e. The Bertz CT molecular complexity index is 702. The first kappa shape index (κ1) is 14.7. The summed E-state index contributed by atoms with van der Waals surface area (Å²) in [5.74, 6) is -2.89. The first-order valence-corrected chi connectivity index (χ1v) is 6.36. The van der Waals surface area contributed by atoms with Crippen molar-refractivity contribution in [2.24, 2.45) is 0 Å². The van der Waals surface area contributed by atoms with Crippen molar-refractivity contribution in [2.75, 3.05) is 13.2 Å². The number of hydrogen-bond donors (Lipinski definition) is 1. The van der Waals surface area contributed by atoms with E-state index in [4.69, 9.17) is 9.47 Å². The number of carbonyl (C=O) groups excluding carboxylic acids is 2. The van der Waals surface area contributed by atoms with Gasteiger partial charge in [0.05, 0.1) is 18.9 Å². The highest BCUT2D eigenvalue weighted by Crippen LogP contribution is 2.17. The van der Waals surface area contributed by atoms with E-state index in [1.807, 2.05) is 0 Å². The number of aromatic amines is 1. The van der Waals surface area contributed by atoms with E-state index in [2.05, 4.69) is 15.3 Å². The van der Waals surface area contributed by atoms with Gasteiger partial charge in [0.1, 0.15) is 0 Å². The number of fused-ring (bicyclic) bond motifs is 1. The summed E-state index contributed by atoms with van der Waals surface area (Å²) < 4.78 is 10.7. The molecule has 9 nitrogen and oxygen atoms in total. The third-order valence-electron chi connectivity index (χ3n) is 2.63. The molecule has 0 aromatic carbocycles. The smallest absolute Gasteiger partial charge is 0.364 e. The van der Waals surface area contributed by atoms with Crippen LogP contribution in [0.25, 0.3) is 5.65 Å². The molecular weight excluding hydrogens is 280 g/mol. The average Bonchev–Trinajstić information content (AvgIpc) is 2.81. The van der Waals surface area contributed by atoms with Crippen LogP contribution < -0.4 is 5.69 Å². The molecule has 2 heterocycles. The number of carbonyl (C=O) groups is 2. The van der Waals surface area contributed by atoms with Crippen LogP contribution in [0.2, 0.25) is 0 Å². The summed E-state index contributed by atoms with van der Waals surface area (Å²) in [7, 11) is 0. The molecule has 0 atom stereocenters. The molecule has 0 bridgehead atoms. The minimum absolute atomic E-state index is 0.0582. The predicted molar refractivity (Wildman–Crippen MR) is 69.6 cm³/mol. The molecule has 0 radical (unpaired) electrons. The predicted octanol–water partition coefficient (Wildman–Crippen LogP) is -0.373. The van der Waals surface area contributed by atoms with Crippen LogP contribution in [0.3, 0.4) is 0 Å². The number of rotatable bonds is 5. The van der Waals surface area contributed by atoms with E-state index in [-0.39, 0.29) is 24.6 Å². The van der Waals surface area contributed by atoms with E-state index >= 15 is 0 Å². The number of hydrogen-bond acceptors (Lipinski definition) is 7. The van der Waals surface area contributed by atoms with Gasteiger partial charge in [-0.05, 0) is 26.0 Å². The zero-order valence-electron chi connectivity index (χ0n) is 11.5. The average molecular weight is 294 g/mol. The molecule has 2 rings (SSSR count). The van der Waals surface area contributed by atoms with E-state index in [0.29, 0.717) is 0 Å². The van der Waals surface area contributed by atoms with Gasteiger partial charge in [-0.1, -0.05) is 0 Å². The number of nitrogens with zero attached hydrogens (tertiary/aromatic N) is 3. The molecular formula is C12H14N4O5. The first-order chi connectivity index (χ1) is 10.1. The van der Waals surface area contributed by atoms with Crippen molar-refractivity contribution in [3.05, 3.63) is 28.3 Å². The van der Waals surface area contributed by atoms with Gasteiger partial charge in [-0.25, -0.2) is 9.89 Å². The summed E-state index contributed by atoms with van der Waals surface area (Å²) in [6, 6.07) is 2.89. The Morgan fingerprint density at radius 3 is 2.43 bits per heavy atom. The molecule has 1 N–H and O–H groups in total. The minimum atomic E-state index is -1.34. The lowest BCUT2D eigenvalue weighted by molar-refractivity contribution is -0.157. The van der Waals surface area contributed by atoms with Crippen molar-refractivity contribution < 1.29 is 19.1 Å². The number of nitrogens with one attached hydrogen (secondary N) is 1. The summed E-state index contributed by atoms with van der Waals surface area (Å²) >= 11 is 0. The molecule has 21 heavy (non-hydrogen) atoms. The van der Waals surface area contributed by atoms with Crippen LogP contribution >= 0.6 is 0 Å². The lowest BCUT2D eigenvalue weighted by Gasteiger charge is -2.13. The molecule has 0 saturated carbocycles. The van der Waals surface area contributed by atoms with Crippen molar-refractivity contribution >= 4 is 17.6 Å². The van der Waals surface area contributed by atoms with Gasteiger partial charge < -0.3 is 9.47 Å². The largest absolute Gasteiger partial charge is 0.465 e. The van der Waals surface area contributed by atoms with E-state index in [1.54, 1.807) is 13.8 Å². The lowest BCUT2D eigenvalue weighted by Crippen LogP contribution is -2.28. The highest BCUT2D eigenvalue weighted by molar-refractivity contribution is 6.00. The van der Waals surface area contributed by atoms with Crippen molar-refractivity contribution in [2.45, 2.75) is 19.8 Å². The van der Waals surface area contributed by atoms with E-state index in [9.17, 15) is 14.4 Å². The topological polar surface area (TPSA) is 116 Å².